The number of carbonyl (C=O) groups excluding carboxylic acids is 1. The quantitative estimate of drug-likeness (QED) is 0.710. The molecule has 1 amide bonds. The van der Waals surface area contributed by atoms with Crippen molar-refractivity contribution in [3.05, 3.63) is 59.8 Å². The van der Waals surface area contributed by atoms with Crippen LogP contribution in [0.4, 0.5) is 5.69 Å². The minimum absolute atomic E-state index is 0.164. The van der Waals surface area contributed by atoms with E-state index in [0.717, 1.165) is 27.2 Å². The average Bonchev–Trinajstić information content (AvgIpc) is 2.60. The molecule has 0 atom stereocenters. The Morgan fingerprint density at radius 1 is 1.17 bits per heavy atom. The summed E-state index contributed by atoms with van der Waals surface area (Å²) in [5.41, 5.74) is 2.88. The van der Waals surface area contributed by atoms with E-state index < -0.39 is 0 Å². The number of aryl methyl sites for hydroxylation is 1. The molecule has 4 nitrogen and oxygen atoms in total. The molecule has 24 heavy (non-hydrogen) atoms. The van der Waals surface area contributed by atoms with Crippen LogP contribution in [0.15, 0.2) is 53.4 Å². The molecule has 2 aromatic carbocycles. The first-order chi connectivity index (χ1) is 11.6. The number of benzene rings is 2. The summed E-state index contributed by atoms with van der Waals surface area (Å²) in [5, 5.41) is 3.82. The highest BCUT2D eigenvalue weighted by Gasteiger charge is 2.12. The highest BCUT2D eigenvalue weighted by Crippen LogP contribution is 2.23. The highest BCUT2D eigenvalue weighted by atomic mass is 32.2. The fourth-order valence-electron chi connectivity index (χ4n) is 2.51. The summed E-state index contributed by atoms with van der Waals surface area (Å²) in [4.78, 5) is 18.3. The molecule has 3 rings (SSSR count). The maximum absolute atomic E-state index is 12.6. The lowest BCUT2D eigenvalue weighted by molar-refractivity contribution is 0.102. The van der Waals surface area contributed by atoms with E-state index in [2.05, 4.69) is 10.3 Å². The van der Waals surface area contributed by atoms with Crippen LogP contribution in [-0.2, 0) is 0 Å². The van der Waals surface area contributed by atoms with Gasteiger partial charge in [0, 0.05) is 16.0 Å². The molecule has 122 valence electrons. The molecule has 1 aromatic heterocycles. The summed E-state index contributed by atoms with van der Waals surface area (Å²) in [7, 11) is 1.62. The van der Waals surface area contributed by atoms with E-state index in [1.54, 1.807) is 18.9 Å². The van der Waals surface area contributed by atoms with Crippen molar-refractivity contribution in [1.29, 1.82) is 0 Å². The molecular formula is C19H18N2O2S. The number of nitrogens with one attached hydrogen (secondary N) is 1. The molecule has 0 fully saturated rings. The average molecular weight is 338 g/mol. The third-order valence-electron chi connectivity index (χ3n) is 3.78. The van der Waals surface area contributed by atoms with Gasteiger partial charge >= 0.3 is 0 Å². The molecule has 5 heteroatoms. The largest absolute Gasteiger partial charge is 0.497 e. The summed E-state index contributed by atoms with van der Waals surface area (Å²) in [6.45, 7) is 1.84. The number of fused-ring (bicyclic) bond motifs is 1. The van der Waals surface area contributed by atoms with Gasteiger partial charge in [-0.3, -0.25) is 9.78 Å². The van der Waals surface area contributed by atoms with Gasteiger partial charge in [0.05, 0.1) is 23.9 Å². The Morgan fingerprint density at radius 2 is 2.00 bits per heavy atom. The monoisotopic (exact) mass is 338 g/mol. The van der Waals surface area contributed by atoms with E-state index in [4.69, 9.17) is 4.74 Å². The third-order valence-corrected chi connectivity index (χ3v) is 4.51. The highest BCUT2D eigenvalue weighted by molar-refractivity contribution is 7.98. The predicted molar refractivity (Wildman–Crippen MR) is 99.2 cm³/mol. The minimum Gasteiger partial charge on any atom is -0.497 e. The smallest absolute Gasteiger partial charge is 0.257 e. The van der Waals surface area contributed by atoms with Crippen molar-refractivity contribution in [2.24, 2.45) is 0 Å². The molecular weight excluding hydrogens is 320 g/mol. The summed E-state index contributed by atoms with van der Waals surface area (Å²) in [5.74, 6) is 0.579. The Hall–Kier alpha value is -2.53. The number of methoxy groups -OCH3 is 1. The van der Waals surface area contributed by atoms with Gasteiger partial charge in [-0.2, -0.15) is 0 Å². The third kappa shape index (κ3) is 3.36. The van der Waals surface area contributed by atoms with Crippen LogP contribution in [0.25, 0.3) is 10.9 Å². The molecule has 0 spiro atoms. The number of ether oxygens (including phenoxy) is 1. The summed E-state index contributed by atoms with van der Waals surface area (Å²) < 4.78 is 5.24. The number of thioether (sulfide) groups is 1. The number of rotatable bonds is 4. The second-order valence-corrected chi connectivity index (χ2v) is 6.25. The SMILES string of the molecule is COc1ccc2nc(C)c(C(=O)Nc3cccc(SC)c3)cc2c1. The van der Waals surface area contributed by atoms with Crippen LogP contribution in [0.2, 0.25) is 0 Å². The second kappa shape index (κ2) is 6.93. The normalized spacial score (nSPS) is 10.6. The van der Waals surface area contributed by atoms with Gasteiger partial charge in [0.1, 0.15) is 5.75 Å². The van der Waals surface area contributed by atoms with Crippen molar-refractivity contribution in [1.82, 2.24) is 4.98 Å². The second-order valence-electron chi connectivity index (χ2n) is 5.37. The number of amides is 1. The molecule has 0 radical (unpaired) electrons. The predicted octanol–water partition coefficient (Wildman–Crippen LogP) is 4.53. The van der Waals surface area contributed by atoms with Gasteiger partial charge in [-0.05, 0) is 55.6 Å². The molecule has 0 aliphatic rings. The van der Waals surface area contributed by atoms with E-state index in [0.29, 0.717) is 11.3 Å². The van der Waals surface area contributed by atoms with Gasteiger partial charge in [-0.1, -0.05) is 6.07 Å². The van der Waals surface area contributed by atoms with Gasteiger partial charge in [0.25, 0.3) is 5.91 Å². The fourth-order valence-corrected chi connectivity index (χ4v) is 2.97. The lowest BCUT2D eigenvalue weighted by Gasteiger charge is -2.10. The Labute approximate surface area is 145 Å². The number of hydrogen-bond acceptors (Lipinski definition) is 4. The number of hydrogen-bond donors (Lipinski definition) is 1. The molecule has 0 aliphatic carbocycles. The molecule has 3 aromatic rings. The maximum atomic E-state index is 12.6. The maximum Gasteiger partial charge on any atom is 0.257 e. The molecule has 0 unspecified atom stereocenters. The van der Waals surface area contributed by atoms with Crippen molar-refractivity contribution in [3.63, 3.8) is 0 Å². The van der Waals surface area contributed by atoms with Crippen molar-refractivity contribution < 1.29 is 9.53 Å². The van der Waals surface area contributed by atoms with Crippen LogP contribution in [0, 0.1) is 6.92 Å². The number of nitrogens with zero attached hydrogens (tertiary/aromatic N) is 1. The number of aromatic nitrogens is 1. The van der Waals surface area contributed by atoms with Gasteiger partial charge in [-0.15, -0.1) is 11.8 Å². The van der Waals surface area contributed by atoms with E-state index in [-0.39, 0.29) is 5.91 Å². The van der Waals surface area contributed by atoms with E-state index in [1.807, 2.05) is 61.7 Å². The first-order valence-corrected chi connectivity index (χ1v) is 8.74. The lowest BCUT2D eigenvalue weighted by Crippen LogP contribution is -2.14. The lowest BCUT2D eigenvalue weighted by atomic mass is 10.1. The van der Waals surface area contributed by atoms with Gasteiger partial charge < -0.3 is 10.1 Å². The van der Waals surface area contributed by atoms with Crippen LogP contribution < -0.4 is 10.1 Å². The van der Waals surface area contributed by atoms with Crippen LogP contribution in [0.3, 0.4) is 0 Å². The summed E-state index contributed by atoms with van der Waals surface area (Å²) in [6, 6.07) is 15.3. The standard InChI is InChI=1S/C19H18N2O2S/c1-12-17(10-13-9-15(23-2)7-8-18(13)20-12)19(22)21-14-5-4-6-16(11-14)24-3/h4-11H,1-3H3,(H,21,22). The zero-order chi connectivity index (χ0) is 17.1. The van der Waals surface area contributed by atoms with Crippen molar-refractivity contribution in [2.45, 2.75) is 11.8 Å². The van der Waals surface area contributed by atoms with Crippen LogP contribution in [0.1, 0.15) is 16.1 Å². The van der Waals surface area contributed by atoms with Crippen molar-refractivity contribution in [2.75, 3.05) is 18.7 Å². The van der Waals surface area contributed by atoms with Gasteiger partial charge in [0.15, 0.2) is 0 Å². The number of pyridine rings is 1. The Balaban J connectivity index is 1.94. The molecule has 0 saturated carbocycles. The van der Waals surface area contributed by atoms with Crippen LogP contribution in [0.5, 0.6) is 5.75 Å². The van der Waals surface area contributed by atoms with E-state index >= 15 is 0 Å². The van der Waals surface area contributed by atoms with Gasteiger partial charge in [0.2, 0.25) is 0 Å². The van der Waals surface area contributed by atoms with Crippen LogP contribution >= 0.6 is 11.8 Å². The zero-order valence-electron chi connectivity index (χ0n) is 13.8. The molecule has 1 N–H and O–H groups in total. The minimum atomic E-state index is -0.164. The summed E-state index contributed by atoms with van der Waals surface area (Å²) in [6.07, 6.45) is 2.01. The topological polar surface area (TPSA) is 51.2 Å². The molecule has 1 heterocycles. The Bertz CT molecular complexity index is 909. The van der Waals surface area contributed by atoms with Crippen molar-refractivity contribution in [3.8, 4) is 5.75 Å². The Morgan fingerprint density at radius 3 is 2.75 bits per heavy atom. The fraction of sp³-hybridized carbons (Fsp3) is 0.158. The first kappa shape index (κ1) is 16.3. The van der Waals surface area contributed by atoms with E-state index in [1.165, 1.54) is 0 Å². The molecule has 0 bridgehead atoms. The number of carbonyl (C=O) groups is 1. The first-order valence-electron chi connectivity index (χ1n) is 7.51. The zero-order valence-corrected chi connectivity index (χ0v) is 14.6. The summed E-state index contributed by atoms with van der Waals surface area (Å²) >= 11 is 1.64. The number of anilines is 1. The molecule has 0 saturated heterocycles. The Kier molecular flexibility index (Phi) is 4.71. The van der Waals surface area contributed by atoms with Crippen LogP contribution in [-0.4, -0.2) is 24.3 Å². The molecule has 0 aliphatic heterocycles. The van der Waals surface area contributed by atoms with E-state index in [9.17, 15) is 4.79 Å². The van der Waals surface area contributed by atoms with Gasteiger partial charge in [-0.25, -0.2) is 0 Å². The van der Waals surface area contributed by atoms with Crippen molar-refractivity contribution >= 4 is 34.3 Å².